The highest BCUT2D eigenvalue weighted by Crippen LogP contribution is 2.37. The Balaban J connectivity index is 0.00000256. The standard InChI is InChI=1S/C12H19NO3.HI/c1-13(2,3)8-9-6-10(15-4)12(14)11(7-9)16-5;/h6-7H,8H2,1-5H3;1H. The molecule has 1 aromatic carbocycles. The maximum Gasteiger partial charge on any atom is 0.200 e. The molecule has 1 N–H and O–H groups in total. The van der Waals surface area contributed by atoms with Crippen molar-refractivity contribution in [3.63, 3.8) is 0 Å². The fourth-order valence-corrected chi connectivity index (χ4v) is 1.59. The Hall–Kier alpha value is -0.690. The third kappa shape index (κ3) is 4.59. The molecular formula is C12H20INO3. The molecule has 0 aromatic heterocycles. The second-order valence-electron chi connectivity index (χ2n) is 4.80. The van der Waals surface area contributed by atoms with Gasteiger partial charge in [-0.1, -0.05) is 0 Å². The molecule has 0 amide bonds. The second-order valence-corrected chi connectivity index (χ2v) is 4.80. The van der Waals surface area contributed by atoms with E-state index in [2.05, 4.69) is 21.1 Å². The Bertz CT molecular complexity index is 349. The molecule has 0 radical (unpaired) electrons. The van der Waals surface area contributed by atoms with E-state index >= 15 is 0 Å². The summed E-state index contributed by atoms with van der Waals surface area (Å²) in [4.78, 5) is 0. The second kappa shape index (κ2) is 6.30. The summed E-state index contributed by atoms with van der Waals surface area (Å²) in [7, 11) is 9.37. The highest BCUT2D eigenvalue weighted by molar-refractivity contribution is 5.52. The molecule has 0 bridgehead atoms. The predicted octanol–water partition coefficient (Wildman–Crippen LogP) is -1.38. The van der Waals surface area contributed by atoms with Gasteiger partial charge in [0.15, 0.2) is 11.5 Å². The van der Waals surface area contributed by atoms with Gasteiger partial charge < -0.3 is 43.0 Å². The molecule has 0 saturated carbocycles. The Kier molecular flexibility index (Phi) is 6.04. The zero-order chi connectivity index (χ0) is 12.3. The van der Waals surface area contributed by atoms with Crippen molar-refractivity contribution in [2.24, 2.45) is 0 Å². The fraction of sp³-hybridized carbons (Fsp3) is 0.500. The van der Waals surface area contributed by atoms with Crippen LogP contribution in [-0.2, 0) is 6.54 Å². The van der Waals surface area contributed by atoms with Gasteiger partial charge in [0, 0.05) is 5.56 Å². The number of nitrogens with zero attached hydrogens (tertiary/aromatic N) is 1. The summed E-state index contributed by atoms with van der Waals surface area (Å²) >= 11 is 0. The number of aromatic hydroxyl groups is 1. The van der Waals surface area contributed by atoms with Gasteiger partial charge in [0.1, 0.15) is 6.54 Å². The number of halogens is 1. The van der Waals surface area contributed by atoms with Crippen molar-refractivity contribution in [2.75, 3.05) is 35.4 Å². The van der Waals surface area contributed by atoms with E-state index in [0.717, 1.165) is 16.6 Å². The van der Waals surface area contributed by atoms with E-state index in [1.165, 1.54) is 14.2 Å². The number of hydrogen-bond donors (Lipinski definition) is 1. The predicted molar refractivity (Wildman–Crippen MR) is 62.9 cm³/mol. The van der Waals surface area contributed by atoms with Gasteiger partial charge in [-0.25, -0.2) is 0 Å². The van der Waals surface area contributed by atoms with E-state index in [1.807, 2.05) is 12.1 Å². The molecule has 17 heavy (non-hydrogen) atoms. The number of hydrogen-bond acceptors (Lipinski definition) is 3. The lowest BCUT2D eigenvalue weighted by atomic mass is 10.1. The lowest BCUT2D eigenvalue weighted by molar-refractivity contribution is -0.884. The van der Waals surface area contributed by atoms with Gasteiger partial charge in [-0.15, -0.1) is 0 Å². The topological polar surface area (TPSA) is 38.7 Å². The maximum atomic E-state index is 9.76. The van der Waals surface area contributed by atoms with Crippen LogP contribution in [-0.4, -0.2) is 45.0 Å². The molecule has 0 saturated heterocycles. The van der Waals surface area contributed by atoms with Crippen molar-refractivity contribution < 1.29 is 43.0 Å². The summed E-state index contributed by atoms with van der Waals surface area (Å²) in [6, 6.07) is 3.67. The van der Waals surface area contributed by atoms with Gasteiger partial charge in [0.2, 0.25) is 5.75 Å². The average Bonchev–Trinajstić information content (AvgIpc) is 2.18. The molecule has 98 valence electrons. The number of phenols is 1. The molecule has 0 heterocycles. The molecule has 0 atom stereocenters. The van der Waals surface area contributed by atoms with Crippen molar-refractivity contribution in [2.45, 2.75) is 6.54 Å². The first kappa shape index (κ1) is 16.3. The van der Waals surface area contributed by atoms with Crippen LogP contribution in [0.25, 0.3) is 0 Å². The van der Waals surface area contributed by atoms with E-state index in [4.69, 9.17) is 9.47 Å². The zero-order valence-corrected chi connectivity index (χ0v) is 13.1. The SMILES string of the molecule is COc1cc(C[N+](C)(C)C)cc(OC)c1O.[I-]. The first-order chi connectivity index (χ1) is 7.37. The highest BCUT2D eigenvalue weighted by atomic mass is 127. The maximum absolute atomic E-state index is 9.76. The number of methoxy groups -OCH3 is 2. The van der Waals surface area contributed by atoms with Crippen LogP contribution >= 0.6 is 0 Å². The Morgan fingerprint density at radius 1 is 1.06 bits per heavy atom. The monoisotopic (exact) mass is 353 g/mol. The zero-order valence-electron chi connectivity index (χ0n) is 11.0. The number of phenolic OH excluding ortho intramolecular Hbond substituents is 1. The Labute approximate surface area is 120 Å². The van der Waals surface area contributed by atoms with Crippen LogP contribution in [0.15, 0.2) is 12.1 Å². The lowest BCUT2D eigenvalue weighted by Crippen LogP contribution is -3.00. The molecule has 0 fully saturated rings. The quantitative estimate of drug-likeness (QED) is 0.536. The normalized spacial score (nSPS) is 10.6. The molecule has 0 aliphatic rings. The number of benzene rings is 1. The van der Waals surface area contributed by atoms with Crippen LogP contribution in [0.5, 0.6) is 17.2 Å². The smallest absolute Gasteiger partial charge is 0.200 e. The van der Waals surface area contributed by atoms with E-state index < -0.39 is 0 Å². The van der Waals surface area contributed by atoms with Crippen molar-refractivity contribution in [1.29, 1.82) is 0 Å². The molecule has 0 spiro atoms. The van der Waals surface area contributed by atoms with Gasteiger partial charge in [0.25, 0.3) is 0 Å². The van der Waals surface area contributed by atoms with E-state index in [9.17, 15) is 5.11 Å². The minimum Gasteiger partial charge on any atom is -1.00 e. The minimum atomic E-state index is 0. The largest absolute Gasteiger partial charge is 1.00 e. The molecular weight excluding hydrogens is 333 g/mol. The van der Waals surface area contributed by atoms with Gasteiger partial charge in [-0.2, -0.15) is 0 Å². The first-order valence-corrected chi connectivity index (χ1v) is 5.11. The summed E-state index contributed by atoms with van der Waals surface area (Å²) < 4.78 is 11.0. The molecule has 0 aliphatic heterocycles. The summed E-state index contributed by atoms with van der Waals surface area (Å²) in [5.74, 6) is 0.945. The molecule has 0 unspecified atom stereocenters. The summed E-state index contributed by atoms with van der Waals surface area (Å²) in [5.41, 5.74) is 1.07. The van der Waals surface area contributed by atoms with Crippen molar-refractivity contribution in [3.8, 4) is 17.2 Å². The highest BCUT2D eigenvalue weighted by Gasteiger charge is 2.15. The van der Waals surface area contributed by atoms with Gasteiger partial charge in [0.05, 0.1) is 35.4 Å². The van der Waals surface area contributed by atoms with Crippen LogP contribution < -0.4 is 33.5 Å². The van der Waals surface area contributed by atoms with Crippen molar-refractivity contribution >= 4 is 0 Å². The number of rotatable bonds is 4. The van der Waals surface area contributed by atoms with Crippen LogP contribution in [0.2, 0.25) is 0 Å². The first-order valence-electron chi connectivity index (χ1n) is 5.11. The molecule has 1 aromatic rings. The van der Waals surface area contributed by atoms with Gasteiger partial charge in [-0.05, 0) is 12.1 Å². The molecule has 1 rings (SSSR count). The van der Waals surface area contributed by atoms with Crippen LogP contribution in [0.4, 0.5) is 0 Å². The third-order valence-corrected chi connectivity index (χ3v) is 2.20. The molecule has 0 aliphatic carbocycles. The van der Waals surface area contributed by atoms with Crippen molar-refractivity contribution in [3.05, 3.63) is 17.7 Å². The molecule has 4 nitrogen and oxygen atoms in total. The Morgan fingerprint density at radius 2 is 1.47 bits per heavy atom. The summed E-state index contributed by atoms with van der Waals surface area (Å²) in [6.07, 6.45) is 0. The van der Waals surface area contributed by atoms with Gasteiger partial charge in [-0.3, -0.25) is 0 Å². The number of ether oxygens (including phenoxy) is 2. The fourth-order valence-electron chi connectivity index (χ4n) is 1.59. The lowest BCUT2D eigenvalue weighted by Gasteiger charge is -2.24. The Morgan fingerprint density at radius 3 is 1.76 bits per heavy atom. The van der Waals surface area contributed by atoms with E-state index in [0.29, 0.717) is 11.5 Å². The van der Waals surface area contributed by atoms with Crippen LogP contribution in [0, 0.1) is 0 Å². The van der Waals surface area contributed by atoms with Crippen molar-refractivity contribution in [1.82, 2.24) is 0 Å². The number of quaternary nitrogens is 1. The third-order valence-electron chi connectivity index (χ3n) is 2.20. The van der Waals surface area contributed by atoms with Gasteiger partial charge >= 0.3 is 0 Å². The summed E-state index contributed by atoms with van der Waals surface area (Å²) in [6.45, 7) is 0.840. The average molecular weight is 353 g/mol. The molecule has 5 heteroatoms. The van der Waals surface area contributed by atoms with E-state index in [1.54, 1.807) is 0 Å². The van der Waals surface area contributed by atoms with Crippen LogP contribution in [0.3, 0.4) is 0 Å². The van der Waals surface area contributed by atoms with E-state index in [-0.39, 0.29) is 29.7 Å². The minimum absolute atomic E-state index is 0. The summed E-state index contributed by atoms with van der Waals surface area (Å²) in [5, 5.41) is 9.76. The van der Waals surface area contributed by atoms with Crippen LogP contribution in [0.1, 0.15) is 5.56 Å².